The Hall–Kier alpha value is -1.33. The first-order chi connectivity index (χ1) is 9.10. The summed E-state index contributed by atoms with van der Waals surface area (Å²) in [5.74, 6) is 0.873. The number of benzene rings is 1. The first-order valence-corrected chi connectivity index (χ1v) is 7.23. The van der Waals surface area contributed by atoms with Gasteiger partial charge in [-0.1, -0.05) is 30.3 Å². The van der Waals surface area contributed by atoms with Crippen molar-refractivity contribution in [1.82, 2.24) is 15.2 Å². The van der Waals surface area contributed by atoms with Gasteiger partial charge >= 0.3 is 0 Å². The van der Waals surface area contributed by atoms with Crippen molar-refractivity contribution in [1.29, 1.82) is 0 Å². The fourth-order valence-electron chi connectivity index (χ4n) is 1.55. The molecule has 0 saturated heterocycles. The maximum Gasteiger partial charge on any atom is 0.209 e. The van der Waals surface area contributed by atoms with Crippen LogP contribution in [-0.2, 0) is 6.42 Å². The van der Waals surface area contributed by atoms with E-state index in [1.54, 1.807) is 24.3 Å². The van der Waals surface area contributed by atoms with Gasteiger partial charge in [-0.15, -0.1) is 5.10 Å². The molecule has 100 valence electrons. The Balaban J connectivity index is 2.04. The van der Waals surface area contributed by atoms with Crippen LogP contribution in [0.25, 0.3) is 0 Å². The van der Waals surface area contributed by atoms with Crippen molar-refractivity contribution in [3.63, 3.8) is 0 Å². The van der Waals surface area contributed by atoms with Crippen molar-refractivity contribution >= 4 is 29.1 Å². The monoisotopic (exact) mass is 295 g/mol. The van der Waals surface area contributed by atoms with E-state index < -0.39 is 0 Å². The summed E-state index contributed by atoms with van der Waals surface area (Å²) in [4.78, 5) is 16.5. The van der Waals surface area contributed by atoms with Crippen LogP contribution >= 0.6 is 23.4 Å². The molecule has 1 unspecified atom stereocenters. The number of hydrogen-bond acceptors (Lipinski definition) is 4. The molecule has 0 amide bonds. The van der Waals surface area contributed by atoms with E-state index in [-0.39, 0.29) is 11.0 Å². The molecule has 0 fully saturated rings. The Morgan fingerprint density at radius 3 is 2.68 bits per heavy atom. The van der Waals surface area contributed by atoms with Gasteiger partial charge in [0.2, 0.25) is 5.16 Å². The lowest BCUT2D eigenvalue weighted by molar-refractivity contribution is 0.0994. The SMILES string of the molecule is CCc1nc(SC(C)C(=O)c2ccc(Cl)cc2)n[nH]1. The van der Waals surface area contributed by atoms with E-state index in [0.29, 0.717) is 15.7 Å². The zero-order chi connectivity index (χ0) is 13.8. The van der Waals surface area contributed by atoms with Crippen molar-refractivity contribution in [3.05, 3.63) is 40.7 Å². The van der Waals surface area contributed by atoms with Crippen LogP contribution in [0.3, 0.4) is 0 Å². The van der Waals surface area contributed by atoms with Crippen molar-refractivity contribution in [2.75, 3.05) is 0 Å². The number of nitrogens with zero attached hydrogens (tertiary/aromatic N) is 2. The van der Waals surface area contributed by atoms with Crippen molar-refractivity contribution in [3.8, 4) is 0 Å². The number of Topliss-reactive ketones (excluding diaryl/α,β-unsaturated/α-hetero) is 1. The highest BCUT2D eigenvalue weighted by Gasteiger charge is 2.18. The molecule has 2 aromatic rings. The first-order valence-electron chi connectivity index (χ1n) is 5.98. The molecule has 0 radical (unpaired) electrons. The van der Waals surface area contributed by atoms with Crippen LogP contribution in [0.4, 0.5) is 0 Å². The fourth-order valence-corrected chi connectivity index (χ4v) is 2.50. The number of carbonyl (C=O) groups is 1. The minimum atomic E-state index is -0.235. The highest BCUT2D eigenvalue weighted by molar-refractivity contribution is 8.00. The number of aromatic nitrogens is 3. The predicted molar refractivity (Wildman–Crippen MR) is 76.9 cm³/mol. The highest BCUT2D eigenvalue weighted by Crippen LogP contribution is 2.23. The molecule has 1 aromatic carbocycles. The van der Waals surface area contributed by atoms with Gasteiger partial charge in [-0.05, 0) is 31.2 Å². The van der Waals surface area contributed by atoms with Gasteiger partial charge in [0.05, 0.1) is 5.25 Å². The lowest BCUT2D eigenvalue weighted by Gasteiger charge is -2.07. The summed E-state index contributed by atoms with van der Waals surface area (Å²) in [6, 6.07) is 6.90. The largest absolute Gasteiger partial charge is 0.293 e. The molecule has 0 aliphatic heterocycles. The highest BCUT2D eigenvalue weighted by atomic mass is 35.5. The second-order valence-corrected chi connectivity index (χ2v) is 5.79. The van der Waals surface area contributed by atoms with Gasteiger partial charge in [-0.3, -0.25) is 9.89 Å². The van der Waals surface area contributed by atoms with Crippen LogP contribution in [-0.4, -0.2) is 26.2 Å². The quantitative estimate of drug-likeness (QED) is 0.678. The Kier molecular flexibility index (Phi) is 4.61. The molecule has 4 nitrogen and oxygen atoms in total. The Bertz CT molecular complexity index is 568. The fraction of sp³-hybridized carbons (Fsp3) is 0.308. The van der Waals surface area contributed by atoms with E-state index >= 15 is 0 Å². The van der Waals surface area contributed by atoms with Crippen LogP contribution < -0.4 is 0 Å². The number of aromatic amines is 1. The topological polar surface area (TPSA) is 58.6 Å². The Labute approximate surface area is 121 Å². The maximum atomic E-state index is 12.2. The second-order valence-electron chi connectivity index (χ2n) is 4.05. The molecule has 0 spiro atoms. The van der Waals surface area contributed by atoms with Crippen molar-refractivity contribution < 1.29 is 4.79 Å². The maximum absolute atomic E-state index is 12.2. The molecule has 1 aromatic heterocycles. The van der Waals surface area contributed by atoms with E-state index in [2.05, 4.69) is 15.2 Å². The standard InChI is InChI=1S/C13H14ClN3OS/c1-3-11-15-13(17-16-11)19-8(2)12(18)9-4-6-10(14)7-5-9/h4-8H,3H2,1-2H3,(H,15,16,17). The third-order valence-electron chi connectivity index (χ3n) is 2.63. The van der Waals surface area contributed by atoms with Crippen molar-refractivity contribution in [2.24, 2.45) is 0 Å². The number of rotatable bonds is 5. The van der Waals surface area contributed by atoms with Gasteiger partial charge in [-0.25, -0.2) is 4.98 Å². The smallest absolute Gasteiger partial charge is 0.209 e. The average molecular weight is 296 g/mol. The molecule has 0 aliphatic carbocycles. The number of thioether (sulfide) groups is 1. The number of nitrogens with one attached hydrogen (secondary N) is 1. The normalized spacial score (nSPS) is 12.4. The number of ketones is 1. The predicted octanol–water partition coefficient (Wildman–Crippen LogP) is 3.38. The van der Waals surface area contributed by atoms with Crippen LogP contribution in [0.15, 0.2) is 29.4 Å². The summed E-state index contributed by atoms with van der Waals surface area (Å²) in [6.45, 7) is 3.85. The molecule has 2 rings (SSSR count). The molecule has 19 heavy (non-hydrogen) atoms. The third kappa shape index (κ3) is 3.58. The van der Waals surface area contributed by atoms with E-state index in [9.17, 15) is 4.79 Å². The minimum absolute atomic E-state index is 0.0458. The summed E-state index contributed by atoms with van der Waals surface area (Å²) in [5.41, 5.74) is 0.649. The second kappa shape index (κ2) is 6.21. The van der Waals surface area contributed by atoms with Crippen LogP contribution in [0.2, 0.25) is 5.02 Å². The Morgan fingerprint density at radius 1 is 1.42 bits per heavy atom. The van der Waals surface area contributed by atoms with E-state index in [1.807, 2.05) is 13.8 Å². The summed E-state index contributed by atoms with van der Waals surface area (Å²) < 4.78 is 0. The van der Waals surface area contributed by atoms with Crippen molar-refractivity contribution in [2.45, 2.75) is 30.7 Å². The molecule has 1 heterocycles. The van der Waals surface area contributed by atoms with E-state index in [0.717, 1.165) is 12.2 Å². The van der Waals surface area contributed by atoms with Gasteiger partial charge in [-0.2, -0.15) is 0 Å². The van der Waals surface area contributed by atoms with Gasteiger partial charge in [0.15, 0.2) is 5.78 Å². The summed E-state index contributed by atoms with van der Waals surface area (Å²) in [7, 11) is 0. The number of hydrogen-bond donors (Lipinski definition) is 1. The number of H-pyrrole nitrogens is 1. The third-order valence-corrected chi connectivity index (χ3v) is 3.84. The molecular formula is C13H14ClN3OS. The van der Waals surface area contributed by atoms with Gasteiger partial charge in [0, 0.05) is 17.0 Å². The minimum Gasteiger partial charge on any atom is -0.293 e. The van der Waals surface area contributed by atoms with Crippen LogP contribution in [0.1, 0.15) is 30.0 Å². The average Bonchev–Trinajstić information content (AvgIpc) is 2.86. The van der Waals surface area contributed by atoms with Gasteiger partial charge in [0.25, 0.3) is 0 Å². The lowest BCUT2D eigenvalue weighted by atomic mass is 10.1. The molecule has 0 bridgehead atoms. The van der Waals surface area contributed by atoms with Gasteiger partial charge < -0.3 is 0 Å². The molecule has 0 aliphatic rings. The molecule has 1 N–H and O–H groups in total. The molecular weight excluding hydrogens is 282 g/mol. The number of halogens is 1. The first kappa shape index (κ1) is 14.1. The lowest BCUT2D eigenvalue weighted by Crippen LogP contribution is -2.13. The summed E-state index contributed by atoms with van der Waals surface area (Å²) in [6.07, 6.45) is 0.799. The van der Waals surface area contributed by atoms with Crippen LogP contribution in [0.5, 0.6) is 0 Å². The zero-order valence-electron chi connectivity index (χ0n) is 10.7. The van der Waals surface area contributed by atoms with E-state index in [1.165, 1.54) is 11.8 Å². The summed E-state index contributed by atoms with van der Waals surface area (Å²) in [5, 5.41) is 7.90. The number of carbonyl (C=O) groups excluding carboxylic acids is 1. The number of aryl methyl sites for hydroxylation is 1. The molecule has 0 saturated carbocycles. The summed E-state index contributed by atoms with van der Waals surface area (Å²) >= 11 is 7.15. The van der Waals surface area contributed by atoms with Gasteiger partial charge in [0.1, 0.15) is 5.82 Å². The molecule has 1 atom stereocenters. The molecule has 6 heteroatoms. The Morgan fingerprint density at radius 2 is 2.11 bits per heavy atom. The zero-order valence-corrected chi connectivity index (χ0v) is 12.3. The van der Waals surface area contributed by atoms with E-state index in [4.69, 9.17) is 11.6 Å². The van der Waals surface area contributed by atoms with Crippen LogP contribution in [0, 0.1) is 0 Å².